The van der Waals surface area contributed by atoms with Crippen LogP contribution in [0.5, 0.6) is 34.5 Å². The third-order valence-electron chi connectivity index (χ3n) is 19.7. The maximum atomic E-state index is 11.1. The monoisotopic (exact) mass is 1970 g/mol. The van der Waals surface area contributed by atoms with E-state index in [0.29, 0.717) is 39.9 Å². The van der Waals surface area contributed by atoms with Gasteiger partial charge in [0.2, 0.25) is 0 Å². The SMILES string of the molecule is C.C.C#CC(O)(c1cc(C)cc(OC)c1)c1cc(OC)cc(OC)c1.[2HH].[CH2+]c1cc(OC)cc2c1[C](=[Ru]([Cl])[Cl])C=C2c1cc(OC)cc(OC)c1.[Cl][Ru][Cl].c1ccc(-c2ccccc2)cc1.c1ccc(-c2ccccc2)cc1.c1ccc(-c2ccccc2)cc1.c1ccc([PH+](c2ccccc2)c2ccccc2)cc1.c1ccc([PH+](c2ccccc2)c2ccccc2)cc1. The first kappa shape index (κ1) is 101. The number of halogens is 4. The molecule has 0 fully saturated rings. The summed E-state index contributed by atoms with van der Waals surface area (Å²) in [7, 11) is 30.2. The molecule has 16 aromatic carbocycles. The molecule has 1 N–H and O–H groups in total. The second kappa shape index (κ2) is 54.6. The van der Waals surface area contributed by atoms with Crippen molar-refractivity contribution in [3.05, 3.63) is 483 Å². The Hall–Kier alpha value is -11.4. The van der Waals surface area contributed by atoms with E-state index >= 15 is 0 Å². The molecule has 15 heteroatoms. The largest absolute Gasteiger partial charge is 0.102 e. The van der Waals surface area contributed by atoms with Crippen LogP contribution in [-0.4, -0.2) is 51.9 Å². The number of allylic oxidation sites excluding steroid dienone is 1. The van der Waals surface area contributed by atoms with Gasteiger partial charge in [0.1, 0.15) is 49.1 Å². The molecule has 0 radical (unpaired) electrons. The van der Waals surface area contributed by atoms with Crippen molar-refractivity contribution in [3.63, 3.8) is 0 Å². The molecule has 127 heavy (non-hydrogen) atoms. The normalized spacial score (nSPS) is 11.0. The van der Waals surface area contributed by atoms with Gasteiger partial charge in [-0.05, 0) is 143 Å². The Labute approximate surface area is 785 Å². The molecule has 16 aromatic rings. The van der Waals surface area contributed by atoms with Gasteiger partial charge in [0.15, 0.2) is 5.60 Å². The molecule has 0 bridgehead atoms. The molecule has 1 unspecified atom stereocenters. The van der Waals surface area contributed by atoms with Crippen LogP contribution in [0.25, 0.3) is 39.0 Å². The third-order valence-corrected chi connectivity index (χ3v) is 28.3. The Morgan fingerprint density at radius 3 is 0.787 bits per heavy atom. The van der Waals surface area contributed by atoms with Crippen molar-refractivity contribution in [2.75, 3.05) is 42.7 Å². The molecule has 0 heterocycles. The predicted molar refractivity (Wildman–Crippen MR) is 545 cm³/mol. The summed E-state index contributed by atoms with van der Waals surface area (Å²) in [4.78, 5) is 0. The molecule has 0 aromatic heterocycles. The number of terminal acetylenes is 1. The van der Waals surface area contributed by atoms with Crippen LogP contribution in [0.1, 0.15) is 55.2 Å². The van der Waals surface area contributed by atoms with E-state index in [2.05, 4.69) is 340 Å². The molecule has 0 saturated heterocycles. The first-order valence-electron chi connectivity index (χ1n) is 39.9. The standard InChI is InChI=1S/C19H20O4.C19H17O3.2C18H15P.3C12H10.2CH4.4ClH.2Ru.H2/c1-6-19(20,14-7-13(2)8-16(9-14)21-3)15-10-17(22-4)12-18(11-15)23-5;1-12-7-14(20-2)11-19-17(12)5-6-18(19)13-8-15(21-3)10-16(9-13)22-4;2*1-4-10-16(11-5-1)19(17-12-6-2-7-13-17)18-14-8-3-9-15-18;3*1-3-7-11(8-4-1)12-9-5-2-6-10-12;;;;;;;;;/h1,7-12,20H,2-5H3;6-11H,1H2,2-4H3;2*1-15H;3*1-10H;2*1H4;4*1H;;;1H/q;+1;;;;;;;;;;;;2*+2;/p-2/i;;;;;;;;;;;;;;;1+1. The molecule has 17 rings (SSSR count). The van der Waals surface area contributed by atoms with Gasteiger partial charge in [0, 0.05) is 18.6 Å². The number of hydrogen-bond donors (Lipinski definition) is 1. The van der Waals surface area contributed by atoms with Crippen molar-refractivity contribution >= 4 is 96.1 Å². The molecule has 650 valence electrons. The van der Waals surface area contributed by atoms with E-state index in [-0.39, 0.29) is 31.4 Å². The maximum Gasteiger partial charge on any atom is 0.102 e. The van der Waals surface area contributed by atoms with Gasteiger partial charge in [-0.15, -0.1) is 6.42 Å². The van der Waals surface area contributed by atoms with Gasteiger partial charge < -0.3 is 19.3 Å². The first-order valence-corrected chi connectivity index (χ1v) is 52.7. The van der Waals surface area contributed by atoms with Crippen LogP contribution < -0.4 is 60.2 Å². The average Bonchev–Trinajstić information content (AvgIpc) is 1.49. The Morgan fingerprint density at radius 1 is 0.331 bits per heavy atom. The van der Waals surface area contributed by atoms with Crippen LogP contribution >= 0.6 is 54.6 Å². The van der Waals surface area contributed by atoms with Crippen molar-refractivity contribution in [2.24, 2.45) is 0 Å². The van der Waals surface area contributed by atoms with Gasteiger partial charge in [-0.2, -0.15) is 0 Å². The van der Waals surface area contributed by atoms with E-state index in [1.807, 2.05) is 91.9 Å². The Balaban J connectivity index is 0.000000206. The molecule has 7 nitrogen and oxygen atoms in total. The van der Waals surface area contributed by atoms with E-state index in [1.165, 1.54) is 65.2 Å². The predicted octanol–water partition coefficient (Wildman–Crippen LogP) is 27.0. The Morgan fingerprint density at radius 2 is 0.551 bits per heavy atom. The zero-order valence-corrected chi connectivity index (χ0v) is 79.0. The smallest absolute Gasteiger partial charge is 0.0622 e. The van der Waals surface area contributed by atoms with Crippen LogP contribution in [0.2, 0.25) is 0 Å². The molecule has 0 amide bonds. The van der Waals surface area contributed by atoms with E-state index in [0.717, 1.165) is 43.2 Å². The van der Waals surface area contributed by atoms with Gasteiger partial charge in [-0.3, -0.25) is 0 Å². The van der Waals surface area contributed by atoms with Crippen molar-refractivity contribution < 1.29 is 63.6 Å². The number of aliphatic hydroxyl groups is 1. The Bertz CT molecular complexity index is 5350. The van der Waals surface area contributed by atoms with E-state index in [1.54, 1.807) is 66.9 Å². The number of aryl methyl sites for hydroxylation is 1. The average molecular weight is 1970 g/mol. The number of benzene rings is 16. The number of ether oxygens (including phenoxy) is 6. The fourth-order valence-corrected chi connectivity index (χ4v) is 21.4. The zero-order chi connectivity index (χ0) is 88.4. The molecule has 0 saturated carbocycles. The topological polar surface area (TPSA) is 75.6 Å². The van der Waals surface area contributed by atoms with Crippen LogP contribution in [0, 0.1) is 26.2 Å². The summed E-state index contributed by atoms with van der Waals surface area (Å²) in [6, 6.07) is 148. The molecular formula is C112H109Cl4O7P2Ru2+3. The van der Waals surface area contributed by atoms with Gasteiger partial charge >= 0.3 is 195 Å². The number of methoxy groups -OCH3 is 6. The molecule has 1 aliphatic rings. The summed E-state index contributed by atoms with van der Waals surface area (Å²) >= 11 is -2.46. The quantitative estimate of drug-likeness (QED) is 0.0397. The second-order valence-corrected chi connectivity index (χ2v) is 41.2. The van der Waals surface area contributed by atoms with Crippen molar-refractivity contribution in [2.45, 2.75) is 27.4 Å². The number of hydrogen-bond acceptors (Lipinski definition) is 7. The summed E-state index contributed by atoms with van der Waals surface area (Å²) < 4.78 is 32.9. The summed E-state index contributed by atoms with van der Waals surface area (Å²) in [5.74, 6) is 6.38. The Kier molecular flexibility index (Phi) is 43.4. The van der Waals surface area contributed by atoms with Crippen molar-refractivity contribution in [1.29, 1.82) is 0 Å². The molecule has 0 aliphatic heterocycles. The number of rotatable bonds is 18. The fraction of sp³-hybridized carbons (Fsp3) is 0.0893. The van der Waals surface area contributed by atoms with Gasteiger partial charge in [0.25, 0.3) is 0 Å². The molecule has 1 atom stereocenters. The minimum Gasteiger partial charge on any atom is -0.0622 e. The first-order chi connectivity index (χ1) is 61.1. The number of fused-ring (bicyclic) bond motifs is 1. The van der Waals surface area contributed by atoms with Crippen LogP contribution in [-0.2, 0) is 34.3 Å². The van der Waals surface area contributed by atoms with E-state index < -0.39 is 35.0 Å². The minimum atomic E-state index is -2.12. The maximum absolute atomic E-state index is 11.1. The fourth-order valence-electron chi connectivity index (χ4n) is 13.7. The van der Waals surface area contributed by atoms with Gasteiger partial charge in [-0.1, -0.05) is 318 Å². The molecular weight excluding hydrogens is 1860 g/mol. The van der Waals surface area contributed by atoms with Crippen molar-refractivity contribution in [3.8, 4) is 80.2 Å². The van der Waals surface area contributed by atoms with Crippen LogP contribution in [0.4, 0.5) is 0 Å². The minimum absolute atomic E-state index is 0. The summed E-state index contributed by atoms with van der Waals surface area (Å²) in [5.41, 5.74) is 12.8. The van der Waals surface area contributed by atoms with Crippen molar-refractivity contribution in [1.82, 2.24) is 0 Å². The van der Waals surface area contributed by atoms with Crippen LogP contribution in [0.15, 0.2) is 437 Å². The third kappa shape index (κ3) is 30.1. The second-order valence-electron chi connectivity index (χ2n) is 27.8. The zero-order valence-electron chi connectivity index (χ0n) is 70.5. The summed E-state index contributed by atoms with van der Waals surface area (Å²) in [5, 5.41) is 19.8. The van der Waals surface area contributed by atoms with Crippen LogP contribution in [0.3, 0.4) is 0 Å². The van der Waals surface area contributed by atoms with E-state index in [4.69, 9.17) is 73.6 Å². The molecule has 0 spiro atoms. The van der Waals surface area contributed by atoms with E-state index in [9.17, 15) is 5.11 Å². The summed E-state index contributed by atoms with van der Waals surface area (Å²) in [6.07, 6.45) is 7.72. The van der Waals surface area contributed by atoms with Gasteiger partial charge in [-0.25, -0.2) is 0 Å². The van der Waals surface area contributed by atoms with Gasteiger partial charge in [0.05, 0.1) is 37.2 Å². The molecule has 1 aliphatic carbocycles. The summed E-state index contributed by atoms with van der Waals surface area (Å²) in [6.45, 7) is 6.06.